The molecule has 0 aromatic heterocycles. The molecule has 6 heteroatoms. The Hall–Kier alpha value is -2.44. The molecule has 26 heavy (non-hydrogen) atoms. The molecule has 1 fully saturated rings. The molecular weight excluding hydrogens is 398 g/mol. The maximum absolute atomic E-state index is 12.7. The van der Waals surface area contributed by atoms with Crippen molar-refractivity contribution >= 4 is 33.4 Å². The van der Waals surface area contributed by atoms with Crippen molar-refractivity contribution in [1.29, 1.82) is 0 Å². The molecule has 1 amide bonds. The van der Waals surface area contributed by atoms with Gasteiger partial charge in [-0.15, -0.1) is 0 Å². The van der Waals surface area contributed by atoms with Crippen molar-refractivity contribution in [2.24, 2.45) is 0 Å². The summed E-state index contributed by atoms with van der Waals surface area (Å²) in [5, 5.41) is 19.9. The first kappa shape index (κ1) is 18.4. The number of halogens is 1. The maximum atomic E-state index is 12.7. The van der Waals surface area contributed by atoms with Gasteiger partial charge >= 0.3 is 0 Å². The smallest absolute Gasteiger partial charge is 0.295 e. The molecule has 134 valence electrons. The molecule has 3 rings (SSSR count). The van der Waals surface area contributed by atoms with Crippen molar-refractivity contribution in [3.63, 3.8) is 0 Å². The number of carbonyl (C=O) groups is 2. The van der Waals surface area contributed by atoms with Gasteiger partial charge in [0.25, 0.3) is 11.7 Å². The Morgan fingerprint density at radius 3 is 2.31 bits per heavy atom. The lowest BCUT2D eigenvalue weighted by atomic mass is 9.95. The maximum Gasteiger partial charge on any atom is 0.295 e. The first-order valence-corrected chi connectivity index (χ1v) is 9.04. The molecule has 2 aromatic carbocycles. The first-order valence-electron chi connectivity index (χ1n) is 8.24. The third kappa shape index (κ3) is 3.43. The highest BCUT2D eigenvalue weighted by Gasteiger charge is 2.45. The quantitative estimate of drug-likeness (QED) is 0.446. The summed E-state index contributed by atoms with van der Waals surface area (Å²) in [6, 6.07) is 15.3. The number of ketones is 1. The molecule has 0 bridgehead atoms. The summed E-state index contributed by atoms with van der Waals surface area (Å²) < 4.78 is 0.844. The largest absolute Gasteiger partial charge is 0.507 e. The van der Waals surface area contributed by atoms with Crippen LogP contribution in [0.4, 0.5) is 0 Å². The Morgan fingerprint density at radius 2 is 1.69 bits per heavy atom. The number of likely N-dealkylation sites (tertiary alicyclic amines) is 1. The van der Waals surface area contributed by atoms with E-state index in [2.05, 4.69) is 15.9 Å². The molecule has 0 spiro atoms. The Bertz CT molecular complexity index is 846. The number of hydrogen-bond acceptors (Lipinski definition) is 4. The van der Waals surface area contributed by atoms with Gasteiger partial charge in [0, 0.05) is 23.2 Å². The molecule has 2 N–H and O–H groups in total. The van der Waals surface area contributed by atoms with Crippen LogP contribution in [0.3, 0.4) is 0 Å². The number of benzene rings is 2. The Morgan fingerprint density at radius 1 is 1.04 bits per heavy atom. The Labute approximate surface area is 159 Å². The number of Topliss-reactive ketones (excluding diaryl/α,β-unsaturated/α-hetero) is 1. The average Bonchev–Trinajstić information content (AvgIpc) is 2.91. The second-order valence-electron chi connectivity index (χ2n) is 5.99. The molecule has 1 aliphatic heterocycles. The highest BCUT2D eigenvalue weighted by atomic mass is 79.9. The summed E-state index contributed by atoms with van der Waals surface area (Å²) in [6.45, 7) is 0.148. The van der Waals surface area contributed by atoms with Crippen molar-refractivity contribution in [1.82, 2.24) is 4.90 Å². The summed E-state index contributed by atoms with van der Waals surface area (Å²) in [7, 11) is 0. The fourth-order valence-corrected chi connectivity index (χ4v) is 3.36. The lowest BCUT2D eigenvalue weighted by Crippen LogP contribution is -2.31. The molecule has 1 heterocycles. The minimum absolute atomic E-state index is 0.0708. The number of hydrogen-bond donors (Lipinski definition) is 2. The van der Waals surface area contributed by atoms with Crippen LogP contribution >= 0.6 is 15.9 Å². The third-order valence-electron chi connectivity index (χ3n) is 4.33. The fourth-order valence-electron chi connectivity index (χ4n) is 3.10. The molecule has 1 aliphatic rings. The lowest BCUT2D eigenvalue weighted by Gasteiger charge is -2.25. The van der Waals surface area contributed by atoms with Crippen LogP contribution in [-0.2, 0) is 9.59 Å². The Kier molecular flexibility index (Phi) is 5.54. The molecular formula is C20H18BrNO4. The summed E-state index contributed by atoms with van der Waals surface area (Å²) in [6.07, 6.45) is 0.356. The van der Waals surface area contributed by atoms with Crippen LogP contribution in [0.1, 0.15) is 23.6 Å². The van der Waals surface area contributed by atoms with Crippen LogP contribution in [0.25, 0.3) is 5.76 Å². The predicted octanol–water partition coefficient (Wildman–Crippen LogP) is 3.25. The molecule has 1 saturated heterocycles. The summed E-state index contributed by atoms with van der Waals surface area (Å²) in [4.78, 5) is 26.6. The molecule has 0 saturated carbocycles. The van der Waals surface area contributed by atoms with Crippen molar-refractivity contribution in [2.75, 3.05) is 13.2 Å². The van der Waals surface area contributed by atoms with Crippen molar-refractivity contribution in [3.05, 3.63) is 75.8 Å². The number of carbonyl (C=O) groups excluding carboxylic acids is 2. The number of aliphatic hydroxyl groups excluding tert-OH is 2. The molecule has 0 radical (unpaired) electrons. The molecule has 0 unspecified atom stereocenters. The highest BCUT2D eigenvalue weighted by molar-refractivity contribution is 9.10. The summed E-state index contributed by atoms with van der Waals surface area (Å²) in [5.41, 5.74) is 1.28. The van der Waals surface area contributed by atoms with E-state index in [0.717, 1.165) is 10.0 Å². The minimum Gasteiger partial charge on any atom is -0.507 e. The zero-order valence-electron chi connectivity index (χ0n) is 13.9. The van der Waals surface area contributed by atoms with Gasteiger partial charge in [-0.05, 0) is 24.1 Å². The van der Waals surface area contributed by atoms with E-state index in [4.69, 9.17) is 5.11 Å². The number of amides is 1. The van der Waals surface area contributed by atoms with Gasteiger partial charge in [0.1, 0.15) is 5.76 Å². The van der Waals surface area contributed by atoms with Crippen molar-refractivity contribution in [3.8, 4) is 0 Å². The second-order valence-corrected chi connectivity index (χ2v) is 6.90. The van der Waals surface area contributed by atoms with E-state index in [0.29, 0.717) is 12.0 Å². The van der Waals surface area contributed by atoms with E-state index in [1.54, 1.807) is 24.3 Å². The Balaban J connectivity index is 2.14. The molecule has 0 aliphatic carbocycles. The van der Waals surface area contributed by atoms with Gasteiger partial charge < -0.3 is 15.1 Å². The lowest BCUT2D eigenvalue weighted by molar-refractivity contribution is -0.140. The van der Waals surface area contributed by atoms with Crippen LogP contribution in [-0.4, -0.2) is 40.0 Å². The highest BCUT2D eigenvalue weighted by Crippen LogP contribution is 2.39. The van der Waals surface area contributed by atoms with Gasteiger partial charge in [0.2, 0.25) is 0 Å². The second kappa shape index (κ2) is 7.85. The van der Waals surface area contributed by atoms with Gasteiger partial charge in [0.15, 0.2) is 0 Å². The zero-order chi connectivity index (χ0) is 18.7. The van der Waals surface area contributed by atoms with Gasteiger partial charge in [-0.2, -0.15) is 0 Å². The first-order chi connectivity index (χ1) is 12.5. The monoisotopic (exact) mass is 415 g/mol. The predicted molar refractivity (Wildman–Crippen MR) is 101 cm³/mol. The SMILES string of the molecule is O=C1C(=O)N(CCCO)[C@@H](c2ccccc2)/C1=C(\O)c1ccc(Br)cc1. The molecule has 1 atom stereocenters. The van der Waals surface area contributed by atoms with E-state index in [9.17, 15) is 14.7 Å². The molecule has 5 nitrogen and oxygen atoms in total. The van der Waals surface area contributed by atoms with E-state index >= 15 is 0 Å². The number of rotatable bonds is 5. The summed E-state index contributed by atoms with van der Waals surface area (Å²) in [5.74, 6) is -1.57. The topological polar surface area (TPSA) is 77.8 Å². The van der Waals surface area contributed by atoms with E-state index in [-0.39, 0.29) is 24.5 Å². The van der Waals surface area contributed by atoms with Crippen LogP contribution in [0.5, 0.6) is 0 Å². The van der Waals surface area contributed by atoms with Gasteiger partial charge in [-0.25, -0.2) is 0 Å². The van der Waals surface area contributed by atoms with Crippen molar-refractivity contribution in [2.45, 2.75) is 12.5 Å². The van der Waals surface area contributed by atoms with Crippen LogP contribution in [0.2, 0.25) is 0 Å². The molecule has 2 aromatic rings. The van der Waals surface area contributed by atoms with Crippen LogP contribution in [0, 0.1) is 0 Å². The van der Waals surface area contributed by atoms with E-state index < -0.39 is 17.7 Å². The van der Waals surface area contributed by atoms with E-state index in [1.165, 1.54) is 4.90 Å². The third-order valence-corrected chi connectivity index (χ3v) is 4.86. The minimum atomic E-state index is -0.711. The summed E-state index contributed by atoms with van der Waals surface area (Å²) >= 11 is 3.34. The van der Waals surface area contributed by atoms with Crippen LogP contribution in [0.15, 0.2) is 64.6 Å². The number of nitrogens with zero attached hydrogens (tertiary/aromatic N) is 1. The van der Waals surface area contributed by atoms with Gasteiger partial charge in [-0.1, -0.05) is 58.4 Å². The van der Waals surface area contributed by atoms with Crippen molar-refractivity contribution < 1.29 is 19.8 Å². The standard InChI is InChI=1S/C20H18BrNO4/c21-15-9-7-14(8-10-15)18(24)16-17(13-5-2-1-3-6-13)22(11-4-12-23)20(26)19(16)25/h1-3,5-10,17,23-24H,4,11-12H2/b18-16+/t17-/m0/s1. The van der Waals surface area contributed by atoms with Gasteiger partial charge in [0.05, 0.1) is 11.6 Å². The fraction of sp³-hybridized carbons (Fsp3) is 0.200. The van der Waals surface area contributed by atoms with Gasteiger partial charge in [-0.3, -0.25) is 9.59 Å². The zero-order valence-corrected chi connectivity index (χ0v) is 15.5. The average molecular weight is 416 g/mol. The van der Waals surface area contributed by atoms with E-state index in [1.807, 2.05) is 30.3 Å². The number of aliphatic hydroxyl groups is 2. The normalized spacial score (nSPS) is 19.2. The van der Waals surface area contributed by atoms with Crippen LogP contribution < -0.4 is 0 Å².